The van der Waals surface area contributed by atoms with E-state index in [0.29, 0.717) is 42.9 Å². The van der Waals surface area contributed by atoms with Gasteiger partial charge in [-0.15, -0.1) is 0 Å². The van der Waals surface area contributed by atoms with Crippen LogP contribution in [0.1, 0.15) is 44.7 Å². The molecule has 3 aromatic rings. The van der Waals surface area contributed by atoms with E-state index in [1.165, 1.54) is 4.68 Å². The Balaban J connectivity index is 1.70. The first kappa shape index (κ1) is 18.2. The number of furan rings is 1. The van der Waals surface area contributed by atoms with Crippen molar-refractivity contribution >= 4 is 22.5 Å². The highest BCUT2D eigenvalue weighted by atomic mass is 16.3. The van der Waals surface area contributed by atoms with Gasteiger partial charge in [0.2, 0.25) is 5.91 Å². The molecule has 0 aromatic carbocycles. The molecule has 140 valence electrons. The Hall–Kier alpha value is -2.57. The lowest BCUT2D eigenvalue weighted by Gasteiger charge is -2.09. The Bertz CT molecular complexity index is 994. The van der Waals surface area contributed by atoms with E-state index in [4.69, 9.17) is 4.42 Å². The predicted octanol–water partition coefficient (Wildman–Crippen LogP) is 2.80. The normalized spacial score (nSPS) is 11.7. The van der Waals surface area contributed by atoms with Crippen LogP contribution >= 0.6 is 0 Å². The molecule has 0 aliphatic heterocycles. The highest BCUT2D eigenvalue weighted by Gasteiger charge is 2.15. The van der Waals surface area contributed by atoms with E-state index in [0.717, 1.165) is 23.5 Å². The maximum Gasteiger partial charge on any atom is 0.291 e. The summed E-state index contributed by atoms with van der Waals surface area (Å²) in [7, 11) is 0. The average Bonchev–Trinajstić information content (AvgIpc) is 3.07. The van der Waals surface area contributed by atoms with Crippen LogP contribution in [0.3, 0.4) is 0 Å². The van der Waals surface area contributed by atoms with Crippen molar-refractivity contribution in [1.82, 2.24) is 19.5 Å². The summed E-state index contributed by atoms with van der Waals surface area (Å²) in [6.45, 7) is 9.11. The number of carbonyl (C=O) groups is 1. The zero-order valence-corrected chi connectivity index (χ0v) is 15.8. The first-order chi connectivity index (χ1) is 12.4. The molecule has 0 spiro atoms. The molecule has 0 fully saturated rings. The zero-order valence-electron chi connectivity index (χ0n) is 15.8. The van der Waals surface area contributed by atoms with Crippen LogP contribution < -0.4 is 10.9 Å². The van der Waals surface area contributed by atoms with Crippen molar-refractivity contribution in [2.45, 2.75) is 53.5 Å². The van der Waals surface area contributed by atoms with Gasteiger partial charge in [0, 0.05) is 31.6 Å². The van der Waals surface area contributed by atoms with Gasteiger partial charge in [-0.1, -0.05) is 13.8 Å². The van der Waals surface area contributed by atoms with E-state index in [9.17, 15) is 9.59 Å². The Labute approximate surface area is 152 Å². The summed E-state index contributed by atoms with van der Waals surface area (Å²) in [5.74, 6) is 2.11. The molecule has 3 rings (SSSR count). The van der Waals surface area contributed by atoms with Gasteiger partial charge in [0.1, 0.15) is 17.1 Å². The Morgan fingerprint density at radius 2 is 2.04 bits per heavy atom. The highest BCUT2D eigenvalue weighted by molar-refractivity contribution is 5.83. The predicted molar refractivity (Wildman–Crippen MR) is 100 cm³/mol. The number of aromatic nitrogens is 3. The molecule has 7 heteroatoms. The van der Waals surface area contributed by atoms with Gasteiger partial charge in [-0.2, -0.15) is 5.10 Å². The molecule has 3 aromatic heterocycles. The van der Waals surface area contributed by atoms with Crippen molar-refractivity contribution in [3.63, 3.8) is 0 Å². The smallest absolute Gasteiger partial charge is 0.291 e. The molecule has 0 aliphatic carbocycles. The second kappa shape index (κ2) is 7.35. The fraction of sp³-hybridized carbons (Fsp3) is 0.526. The molecule has 0 aliphatic rings. The maximum atomic E-state index is 12.7. The van der Waals surface area contributed by atoms with Gasteiger partial charge in [0.25, 0.3) is 5.56 Å². The Morgan fingerprint density at radius 1 is 1.27 bits per heavy atom. The standard InChI is InChI=1S/C19H26N4O3/c1-12(2)7-8-20-18(24)6-5-9-22-19(25)16-11-17-15(10-13(3)26-17)23(16)14(4)21-22/h10-12H,5-9H2,1-4H3,(H,20,24). The van der Waals surface area contributed by atoms with Crippen molar-refractivity contribution in [2.24, 2.45) is 5.92 Å². The molecule has 0 unspecified atom stereocenters. The lowest BCUT2D eigenvalue weighted by atomic mass is 10.1. The number of carbonyl (C=O) groups excluding carboxylic acids is 1. The van der Waals surface area contributed by atoms with Crippen molar-refractivity contribution in [3.8, 4) is 0 Å². The van der Waals surface area contributed by atoms with Crippen LogP contribution in [0, 0.1) is 19.8 Å². The van der Waals surface area contributed by atoms with Crippen LogP contribution in [0.2, 0.25) is 0 Å². The molecule has 1 N–H and O–H groups in total. The van der Waals surface area contributed by atoms with Crippen molar-refractivity contribution in [2.75, 3.05) is 6.54 Å². The fourth-order valence-corrected chi connectivity index (χ4v) is 3.15. The third-order valence-electron chi connectivity index (χ3n) is 4.47. The number of rotatable bonds is 7. The first-order valence-corrected chi connectivity index (χ1v) is 9.13. The summed E-state index contributed by atoms with van der Waals surface area (Å²) < 4.78 is 8.88. The van der Waals surface area contributed by atoms with Crippen LogP contribution in [0.5, 0.6) is 0 Å². The summed E-state index contributed by atoms with van der Waals surface area (Å²) in [5.41, 5.74) is 1.93. The van der Waals surface area contributed by atoms with E-state index < -0.39 is 0 Å². The lowest BCUT2D eigenvalue weighted by Crippen LogP contribution is -2.28. The zero-order chi connectivity index (χ0) is 18.8. The summed E-state index contributed by atoms with van der Waals surface area (Å²) >= 11 is 0. The molecule has 3 heterocycles. The number of hydrogen-bond donors (Lipinski definition) is 1. The molecular weight excluding hydrogens is 332 g/mol. The molecule has 0 bridgehead atoms. The van der Waals surface area contributed by atoms with Gasteiger partial charge < -0.3 is 9.73 Å². The largest absolute Gasteiger partial charge is 0.460 e. The molecular formula is C19H26N4O3. The molecule has 26 heavy (non-hydrogen) atoms. The monoisotopic (exact) mass is 358 g/mol. The third-order valence-corrected chi connectivity index (χ3v) is 4.47. The number of amides is 1. The van der Waals surface area contributed by atoms with Gasteiger partial charge in [-0.25, -0.2) is 4.68 Å². The van der Waals surface area contributed by atoms with Gasteiger partial charge in [0.15, 0.2) is 5.58 Å². The van der Waals surface area contributed by atoms with Crippen LogP contribution in [-0.4, -0.2) is 26.6 Å². The van der Waals surface area contributed by atoms with Crippen LogP contribution in [0.25, 0.3) is 16.6 Å². The number of nitrogens with one attached hydrogen (secondary N) is 1. The van der Waals surface area contributed by atoms with Crippen LogP contribution in [0.4, 0.5) is 0 Å². The molecule has 0 atom stereocenters. The molecule has 1 amide bonds. The van der Waals surface area contributed by atoms with Crippen LogP contribution in [0.15, 0.2) is 21.3 Å². The number of hydrogen-bond acceptors (Lipinski definition) is 4. The first-order valence-electron chi connectivity index (χ1n) is 9.13. The number of fused-ring (bicyclic) bond motifs is 3. The van der Waals surface area contributed by atoms with Gasteiger partial charge in [-0.3, -0.25) is 14.0 Å². The lowest BCUT2D eigenvalue weighted by molar-refractivity contribution is -0.121. The molecule has 0 saturated carbocycles. The minimum Gasteiger partial charge on any atom is -0.460 e. The number of nitrogens with zero attached hydrogens (tertiary/aromatic N) is 3. The summed E-state index contributed by atoms with van der Waals surface area (Å²) in [6.07, 6.45) is 1.93. The summed E-state index contributed by atoms with van der Waals surface area (Å²) in [5, 5.41) is 7.32. The van der Waals surface area contributed by atoms with Crippen LogP contribution in [-0.2, 0) is 11.3 Å². The highest BCUT2D eigenvalue weighted by Crippen LogP contribution is 2.22. The van der Waals surface area contributed by atoms with E-state index in [1.54, 1.807) is 6.07 Å². The van der Waals surface area contributed by atoms with E-state index in [2.05, 4.69) is 24.3 Å². The van der Waals surface area contributed by atoms with Gasteiger partial charge in [0.05, 0.1) is 5.52 Å². The maximum absolute atomic E-state index is 12.7. The Kier molecular flexibility index (Phi) is 5.15. The minimum atomic E-state index is -0.167. The Morgan fingerprint density at radius 3 is 2.77 bits per heavy atom. The summed E-state index contributed by atoms with van der Waals surface area (Å²) in [6, 6.07) is 3.66. The van der Waals surface area contributed by atoms with Crippen molar-refractivity contribution in [3.05, 3.63) is 34.1 Å². The van der Waals surface area contributed by atoms with Gasteiger partial charge >= 0.3 is 0 Å². The SMILES string of the molecule is Cc1cc2c(cc3c(=O)n(CCCC(=O)NCCC(C)C)nc(C)n32)o1. The van der Waals surface area contributed by atoms with Gasteiger partial charge in [-0.05, 0) is 32.6 Å². The quantitative estimate of drug-likeness (QED) is 0.704. The van der Waals surface area contributed by atoms with Crippen molar-refractivity contribution in [1.29, 1.82) is 0 Å². The summed E-state index contributed by atoms with van der Waals surface area (Å²) in [4.78, 5) is 24.6. The second-order valence-corrected chi connectivity index (χ2v) is 7.18. The number of aryl methyl sites for hydroxylation is 3. The van der Waals surface area contributed by atoms with Crippen molar-refractivity contribution < 1.29 is 9.21 Å². The molecule has 7 nitrogen and oxygen atoms in total. The van der Waals surface area contributed by atoms with E-state index in [-0.39, 0.29) is 11.5 Å². The molecule has 0 saturated heterocycles. The van der Waals surface area contributed by atoms with E-state index >= 15 is 0 Å². The topological polar surface area (TPSA) is 81.5 Å². The fourth-order valence-electron chi connectivity index (χ4n) is 3.15. The minimum absolute atomic E-state index is 0.0205. The third kappa shape index (κ3) is 3.66. The van der Waals surface area contributed by atoms with E-state index in [1.807, 2.05) is 24.3 Å². The average molecular weight is 358 g/mol. The second-order valence-electron chi connectivity index (χ2n) is 7.18. The molecule has 0 radical (unpaired) electrons.